The fourth-order valence-electron chi connectivity index (χ4n) is 1.77. The number of carbonyl (C=O) groups excluding carboxylic acids is 1. The minimum atomic E-state index is -0.407. The Labute approximate surface area is 132 Å². The van der Waals surface area contributed by atoms with Crippen LogP contribution in [0.3, 0.4) is 0 Å². The largest absolute Gasteiger partial charge is 0.338 e. The highest BCUT2D eigenvalue weighted by molar-refractivity contribution is 6.36. The van der Waals surface area contributed by atoms with Gasteiger partial charge in [0.25, 0.3) is 0 Å². The Bertz CT molecular complexity index is 649. The van der Waals surface area contributed by atoms with Crippen molar-refractivity contribution in [2.75, 3.05) is 11.9 Å². The maximum absolute atomic E-state index is 13.4. The van der Waals surface area contributed by atoms with E-state index in [4.69, 9.17) is 23.2 Å². The van der Waals surface area contributed by atoms with E-state index in [0.717, 1.165) is 0 Å². The number of hydrogen-bond acceptors (Lipinski definition) is 1. The van der Waals surface area contributed by atoms with Crippen LogP contribution in [-0.2, 0) is 6.42 Å². The molecule has 2 aromatic carbocycles. The number of carbonyl (C=O) groups is 1. The molecule has 0 fully saturated rings. The highest BCUT2D eigenvalue weighted by Gasteiger charge is 2.06. The van der Waals surface area contributed by atoms with Crippen LogP contribution in [0.1, 0.15) is 5.56 Å². The van der Waals surface area contributed by atoms with Crippen LogP contribution in [0.15, 0.2) is 42.5 Å². The molecule has 0 bridgehead atoms. The summed E-state index contributed by atoms with van der Waals surface area (Å²) in [6, 6.07) is 10.8. The quantitative estimate of drug-likeness (QED) is 0.853. The molecule has 2 N–H and O–H groups in total. The predicted octanol–water partition coefficient (Wildman–Crippen LogP) is 4.50. The molecule has 0 radical (unpaired) electrons. The summed E-state index contributed by atoms with van der Waals surface area (Å²) in [4.78, 5) is 11.7. The van der Waals surface area contributed by atoms with Crippen molar-refractivity contribution in [1.29, 1.82) is 0 Å². The molecule has 0 saturated heterocycles. The van der Waals surface area contributed by atoms with Crippen LogP contribution in [0, 0.1) is 5.82 Å². The van der Waals surface area contributed by atoms with Gasteiger partial charge in [0.2, 0.25) is 0 Å². The third-order valence-corrected chi connectivity index (χ3v) is 3.36. The summed E-state index contributed by atoms with van der Waals surface area (Å²) in [7, 11) is 0. The van der Waals surface area contributed by atoms with E-state index in [2.05, 4.69) is 10.6 Å². The van der Waals surface area contributed by atoms with Crippen LogP contribution in [-0.4, -0.2) is 12.6 Å². The van der Waals surface area contributed by atoms with Gasteiger partial charge in [-0.15, -0.1) is 0 Å². The topological polar surface area (TPSA) is 41.1 Å². The van der Waals surface area contributed by atoms with Gasteiger partial charge in [0, 0.05) is 11.6 Å². The van der Waals surface area contributed by atoms with Gasteiger partial charge in [-0.25, -0.2) is 9.18 Å². The molecule has 0 aliphatic rings. The third-order valence-electron chi connectivity index (χ3n) is 2.82. The summed E-state index contributed by atoms with van der Waals surface area (Å²) in [5, 5.41) is 6.09. The molecule has 0 heterocycles. The van der Waals surface area contributed by atoms with Crippen LogP contribution < -0.4 is 10.6 Å². The van der Waals surface area contributed by atoms with E-state index in [1.165, 1.54) is 12.1 Å². The summed E-state index contributed by atoms with van der Waals surface area (Å²) in [6.45, 7) is 0.317. The van der Waals surface area contributed by atoms with Crippen molar-refractivity contribution >= 4 is 34.9 Å². The maximum Gasteiger partial charge on any atom is 0.319 e. The lowest BCUT2D eigenvalue weighted by atomic mass is 10.1. The Hall–Kier alpha value is -1.78. The molecule has 0 atom stereocenters. The third kappa shape index (κ3) is 4.62. The highest BCUT2D eigenvalue weighted by atomic mass is 35.5. The number of urea groups is 1. The Kier molecular flexibility index (Phi) is 5.42. The molecule has 0 aliphatic heterocycles. The molecule has 0 spiro atoms. The lowest BCUT2D eigenvalue weighted by Gasteiger charge is -2.09. The van der Waals surface area contributed by atoms with Gasteiger partial charge in [-0.05, 0) is 36.2 Å². The van der Waals surface area contributed by atoms with E-state index in [-0.39, 0.29) is 5.82 Å². The van der Waals surface area contributed by atoms with Gasteiger partial charge in [-0.2, -0.15) is 0 Å². The summed E-state index contributed by atoms with van der Waals surface area (Å²) >= 11 is 11.7. The fraction of sp³-hybridized carbons (Fsp3) is 0.133. The molecule has 2 amide bonds. The van der Waals surface area contributed by atoms with Gasteiger partial charge in [-0.1, -0.05) is 41.4 Å². The molecule has 2 rings (SSSR count). The molecule has 2 aromatic rings. The Morgan fingerprint density at radius 2 is 1.90 bits per heavy atom. The summed E-state index contributed by atoms with van der Waals surface area (Å²) in [5.41, 5.74) is 1.02. The molecule has 0 aromatic heterocycles. The number of hydrogen-bond donors (Lipinski definition) is 2. The second-order valence-electron chi connectivity index (χ2n) is 4.35. The second kappa shape index (κ2) is 7.29. The molecule has 0 aliphatic carbocycles. The fourth-order valence-corrected chi connectivity index (χ4v) is 2.22. The Morgan fingerprint density at radius 1 is 1.14 bits per heavy atom. The van der Waals surface area contributed by atoms with E-state index < -0.39 is 6.03 Å². The first-order chi connectivity index (χ1) is 10.1. The van der Waals surface area contributed by atoms with Crippen molar-refractivity contribution in [3.8, 4) is 0 Å². The molecular formula is C15H13Cl2FN2O. The normalized spacial score (nSPS) is 10.2. The first-order valence-electron chi connectivity index (χ1n) is 6.29. The standard InChI is InChI=1S/C15H13Cl2FN2O/c16-11-5-6-14(12(17)9-11)20-15(21)19-8-7-10-3-1-2-4-13(10)18/h1-6,9H,7-8H2,(H2,19,20,21). The lowest BCUT2D eigenvalue weighted by Crippen LogP contribution is -2.30. The van der Waals surface area contributed by atoms with Gasteiger partial charge >= 0.3 is 6.03 Å². The van der Waals surface area contributed by atoms with E-state index in [9.17, 15) is 9.18 Å². The number of nitrogens with one attached hydrogen (secondary N) is 2. The van der Waals surface area contributed by atoms with Crippen molar-refractivity contribution in [1.82, 2.24) is 5.32 Å². The zero-order valence-electron chi connectivity index (χ0n) is 11.0. The van der Waals surface area contributed by atoms with E-state index in [1.807, 2.05) is 0 Å². The van der Waals surface area contributed by atoms with Gasteiger partial charge < -0.3 is 10.6 Å². The number of amides is 2. The molecule has 0 unspecified atom stereocenters. The molecule has 21 heavy (non-hydrogen) atoms. The zero-order chi connectivity index (χ0) is 15.2. The summed E-state index contributed by atoms with van der Waals surface area (Å²) < 4.78 is 13.4. The number of halogens is 3. The van der Waals surface area contributed by atoms with Gasteiger partial charge in [0.1, 0.15) is 5.82 Å². The molecule has 3 nitrogen and oxygen atoms in total. The minimum absolute atomic E-state index is 0.277. The lowest BCUT2D eigenvalue weighted by molar-refractivity contribution is 0.252. The smallest absolute Gasteiger partial charge is 0.319 e. The van der Waals surface area contributed by atoms with E-state index >= 15 is 0 Å². The van der Waals surface area contributed by atoms with Crippen molar-refractivity contribution in [2.24, 2.45) is 0 Å². The minimum Gasteiger partial charge on any atom is -0.338 e. The highest BCUT2D eigenvalue weighted by Crippen LogP contribution is 2.25. The van der Waals surface area contributed by atoms with Crippen molar-refractivity contribution in [2.45, 2.75) is 6.42 Å². The Balaban J connectivity index is 1.84. The molecule has 0 saturated carbocycles. The van der Waals surface area contributed by atoms with Gasteiger partial charge in [-0.3, -0.25) is 0 Å². The zero-order valence-corrected chi connectivity index (χ0v) is 12.5. The van der Waals surface area contributed by atoms with Crippen LogP contribution in [0.4, 0.5) is 14.9 Å². The monoisotopic (exact) mass is 326 g/mol. The predicted molar refractivity (Wildman–Crippen MR) is 83.6 cm³/mol. The Morgan fingerprint density at radius 3 is 2.62 bits per heavy atom. The van der Waals surface area contributed by atoms with Crippen LogP contribution in [0.2, 0.25) is 10.0 Å². The van der Waals surface area contributed by atoms with Gasteiger partial charge in [0.15, 0.2) is 0 Å². The maximum atomic E-state index is 13.4. The van der Waals surface area contributed by atoms with Crippen molar-refractivity contribution in [3.05, 3.63) is 63.9 Å². The van der Waals surface area contributed by atoms with Crippen LogP contribution in [0.5, 0.6) is 0 Å². The first-order valence-corrected chi connectivity index (χ1v) is 7.05. The van der Waals surface area contributed by atoms with Crippen LogP contribution >= 0.6 is 23.2 Å². The summed E-state index contributed by atoms with van der Waals surface area (Å²) in [5.74, 6) is -0.277. The van der Waals surface area contributed by atoms with Crippen molar-refractivity contribution < 1.29 is 9.18 Å². The van der Waals surface area contributed by atoms with Crippen molar-refractivity contribution in [3.63, 3.8) is 0 Å². The molecule has 6 heteroatoms. The second-order valence-corrected chi connectivity index (χ2v) is 5.19. The average Bonchev–Trinajstić information content (AvgIpc) is 2.44. The molecular weight excluding hydrogens is 314 g/mol. The SMILES string of the molecule is O=C(NCCc1ccccc1F)Nc1ccc(Cl)cc1Cl. The first kappa shape index (κ1) is 15.6. The van der Waals surface area contributed by atoms with Gasteiger partial charge in [0.05, 0.1) is 10.7 Å². The average molecular weight is 327 g/mol. The molecule has 110 valence electrons. The number of anilines is 1. The number of benzene rings is 2. The van der Waals surface area contributed by atoms with E-state index in [1.54, 1.807) is 30.3 Å². The van der Waals surface area contributed by atoms with Crippen LogP contribution in [0.25, 0.3) is 0 Å². The van der Waals surface area contributed by atoms with E-state index in [0.29, 0.717) is 34.3 Å². The summed E-state index contributed by atoms with van der Waals surface area (Å²) in [6.07, 6.45) is 0.411. The number of rotatable bonds is 4.